The summed E-state index contributed by atoms with van der Waals surface area (Å²) in [5, 5.41) is 0. The van der Waals surface area contributed by atoms with Crippen molar-refractivity contribution in [3.63, 3.8) is 0 Å². The van der Waals surface area contributed by atoms with Gasteiger partial charge >= 0.3 is 0 Å². The third kappa shape index (κ3) is 3.90. The highest BCUT2D eigenvalue weighted by Gasteiger charge is 2.25. The largest absolute Gasteiger partial charge is 0.330 e. The second-order valence-corrected chi connectivity index (χ2v) is 5.79. The molecule has 3 atom stereocenters. The topological polar surface area (TPSA) is 29.3 Å². The Bertz CT molecular complexity index is 198. The van der Waals surface area contributed by atoms with E-state index in [9.17, 15) is 0 Å². The first kappa shape index (κ1) is 14.3. The predicted molar refractivity (Wildman–Crippen MR) is 72.0 cm³/mol. The van der Waals surface area contributed by atoms with E-state index in [4.69, 9.17) is 5.73 Å². The molecule has 0 spiro atoms. The SMILES string of the molecule is CC1CCCC(CN2CCC(CN)C2)C1.Cl. The fraction of sp³-hybridized carbons (Fsp3) is 1.00. The third-order valence-electron chi connectivity index (χ3n) is 4.26. The molecule has 3 heteroatoms. The molecule has 2 nitrogen and oxygen atoms in total. The number of likely N-dealkylation sites (tertiary alicyclic amines) is 1. The molecule has 2 N–H and O–H groups in total. The minimum atomic E-state index is 0. The maximum atomic E-state index is 5.72. The van der Waals surface area contributed by atoms with Crippen LogP contribution < -0.4 is 5.73 Å². The minimum Gasteiger partial charge on any atom is -0.330 e. The van der Waals surface area contributed by atoms with Gasteiger partial charge in [0, 0.05) is 13.1 Å². The van der Waals surface area contributed by atoms with Crippen molar-refractivity contribution in [1.82, 2.24) is 4.90 Å². The lowest BCUT2D eigenvalue weighted by Crippen LogP contribution is -2.30. The van der Waals surface area contributed by atoms with E-state index in [0.717, 1.165) is 24.3 Å². The molecule has 0 bridgehead atoms. The average Bonchev–Trinajstić information content (AvgIpc) is 2.65. The van der Waals surface area contributed by atoms with Crippen molar-refractivity contribution in [2.45, 2.75) is 39.0 Å². The highest BCUT2D eigenvalue weighted by molar-refractivity contribution is 5.85. The van der Waals surface area contributed by atoms with Crippen molar-refractivity contribution >= 4 is 12.4 Å². The van der Waals surface area contributed by atoms with Crippen LogP contribution in [0.4, 0.5) is 0 Å². The van der Waals surface area contributed by atoms with Gasteiger partial charge in [0.05, 0.1) is 0 Å². The van der Waals surface area contributed by atoms with Gasteiger partial charge in [-0.25, -0.2) is 0 Å². The van der Waals surface area contributed by atoms with Crippen LogP contribution in [0.25, 0.3) is 0 Å². The molecule has 0 amide bonds. The molecule has 1 saturated heterocycles. The highest BCUT2D eigenvalue weighted by atomic mass is 35.5. The van der Waals surface area contributed by atoms with E-state index < -0.39 is 0 Å². The Morgan fingerprint density at radius 3 is 2.62 bits per heavy atom. The molecule has 0 aromatic carbocycles. The number of rotatable bonds is 3. The lowest BCUT2D eigenvalue weighted by Gasteiger charge is -2.30. The van der Waals surface area contributed by atoms with Gasteiger partial charge in [-0.15, -0.1) is 12.4 Å². The first-order valence-electron chi connectivity index (χ1n) is 6.70. The van der Waals surface area contributed by atoms with Gasteiger partial charge in [-0.05, 0) is 50.1 Å². The fourth-order valence-electron chi connectivity index (χ4n) is 3.36. The maximum absolute atomic E-state index is 5.72. The van der Waals surface area contributed by atoms with E-state index in [1.807, 2.05) is 0 Å². The van der Waals surface area contributed by atoms with Crippen molar-refractivity contribution in [2.75, 3.05) is 26.2 Å². The molecule has 1 aliphatic carbocycles. The van der Waals surface area contributed by atoms with Gasteiger partial charge in [-0.3, -0.25) is 0 Å². The Morgan fingerprint density at radius 2 is 2.00 bits per heavy atom. The quantitative estimate of drug-likeness (QED) is 0.829. The zero-order valence-electron chi connectivity index (χ0n) is 10.5. The molecule has 1 aliphatic heterocycles. The van der Waals surface area contributed by atoms with Crippen molar-refractivity contribution < 1.29 is 0 Å². The molecule has 3 unspecified atom stereocenters. The second-order valence-electron chi connectivity index (χ2n) is 5.79. The Hall–Kier alpha value is 0.210. The standard InChI is InChI=1S/C13H26N2.ClH/c1-11-3-2-4-12(7-11)9-15-6-5-13(8-14)10-15;/h11-13H,2-10,14H2,1H3;1H. The molecule has 16 heavy (non-hydrogen) atoms. The smallest absolute Gasteiger partial charge is 0.00223 e. The summed E-state index contributed by atoms with van der Waals surface area (Å²) >= 11 is 0. The Morgan fingerprint density at radius 1 is 1.19 bits per heavy atom. The van der Waals surface area contributed by atoms with Gasteiger partial charge < -0.3 is 10.6 Å². The monoisotopic (exact) mass is 246 g/mol. The van der Waals surface area contributed by atoms with Gasteiger partial charge in [-0.1, -0.05) is 19.8 Å². The van der Waals surface area contributed by atoms with Gasteiger partial charge in [0.1, 0.15) is 0 Å². The Balaban J connectivity index is 0.00000128. The molecule has 2 fully saturated rings. The van der Waals surface area contributed by atoms with Gasteiger partial charge in [0.25, 0.3) is 0 Å². The molecular weight excluding hydrogens is 220 g/mol. The molecular formula is C13H27ClN2. The van der Waals surface area contributed by atoms with Crippen LogP contribution in [0.2, 0.25) is 0 Å². The number of nitrogens with two attached hydrogens (primary N) is 1. The average molecular weight is 247 g/mol. The third-order valence-corrected chi connectivity index (χ3v) is 4.26. The van der Waals surface area contributed by atoms with E-state index in [1.165, 1.54) is 51.7 Å². The fourth-order valence-corrected chi connectivity index (χ4v) is 3.36. The van der Waals surface area contributed by atoms with Crippen molar-refractivity contribution in [1.29, 1.82) is 0 Å². The summed E-state index contributed by atoms with van der Waals surface area (Å²) in [5.74, 6) is 2.73. The Labute approximate surface area is 106 Å². The van der Waals surface area contributed by atoms with Crippen LogP contribution in [0.5, 0.6) is 0 Å². The van der Waals surface area contributed by atoms with Crippen LogP contribution in [0, 0.1) is 17.8 Å². The summed E-state index contributed by atoms with van der Waals surface area (Å²) in [4.78, 5) is 2.65. The van der Waals surface area contributed by atoms with Crippen LogP contribution in [0.3, 0.4) is 0 Å². The summed E-state index contributed by atoms with van der Waals surface area (Å²) in [7, 11) is 0. The van der Waals surface area contributed by atoms with Crippen LogP contribution in [-0.4, -0.2) is 31.1 Å². The van der Waals surface area contributed by atoms with E-state index in [2.05, 4.69) is 11.8 Å². The number of hydrogen-bond donors (Lipinski definition) is 1. The highest BCUT2D eigenvalue weighted by Crippen LogP contribution is 2.30. The first-order chi connectivity index (χ1) is 7.28. The zero-order chi connectivity index (χ0) is 10.7. The normalized spacial score (nSPS) is 36.0. The lowest BCUT2D eigenvalue weighted by molar-refractivity contribution is 0.200. The van der Waals surface area contributed by atoms with Crippen molar-refractivity contribution in [3.05, 3.63) is 0 Å². The summed E-state index contributed by atoms with van der Waals surface area (Å²) in [6, 6.07) is 0. The Kier molecular flexibility index (Phi) is 6.09. The van der Waals surface area contributed by atoms with Crippen molar-refractivity contribution in [2.24, 2.45) is 23.5 Å². The summed E-state index contributed by atoms with van der Waals surface area (Å²) in [5.41, 5.74) is 5.72. The summed E-state index contributed by atoms with van der Waals surface area (Å²) < 4.78 is 0. The van der Waals surface area contributed by atoms with E-state index in [-0.39, 0.29) is 12.4 Å². The zero-order valence-corrected chi connectivity index (χ0v) is 11.3. The van der Waals surface area contributed by atoms with Crippen LogP contribution in [0.15, 0.2) is 0 Å². The maximum Gasteiger partial charge on any atom is 0.00223 e. The van der Waals surface area contributed by atoms with Crippen LogP contribution >= 0.6 is 12.4 Å². The second kappa shape index (κ2) is 6.83. The van der Waals surface area contributed by atoms with Crippen molar-refractivity contribution in [3.8, 4) is 0 Å². The van der Waals surface area contributed by atoms with Gasteiger partial charge in [0.2, 0.25) is 0 Å². The molecule has 96 valence electrons. The molecule has 2 aliphatic rings. The number of hydrogen-bond acceptors (Lipinski definition) is 2. The van der Waals surface area contributed by atoms with Crippen LogP contribution in [0.1, 0.15) is 39.0 Å². The van der Waals surface area contributed by atoms with E-state index >= 15 is 0 Å². The summed E-state index contributed by atoms with van der Waals surface area (Å²) in [6.45, 7) is 7.21. The minimum absolute atomic E-state index is 0. The molecule has 0 aromatic heterocycles. The van der Waals surface area contributed by atoms with Gasteiger partial charge in [-0.2, -0.15) is 0 Å². The van der Waals surface area contributed by atoms with E-state index in [1.54, 1.807) is 0 Å². The molecule has 0 aromatic rings. The molecule has 1 saturated carbocycles. The van der Waals surface area contributed by atoms with Crippen LogP contribution in [-0.2, 0) is 0 Å². The number of nitrogens with zero attached hydrogens (tertiary/aromatic N) is 1. The molecule has 2 rings (SSSR count). The lowest BCUT2D eigenvalue weighted by atomic mass is 9.82. The molecule has 1 heterocycles. The predicted octanol–water partition coefficient (Wildman–Crippen LogP) is 2.52. The molecule has 0 radical (unpaired) electrons. The van der Waals surface area contributed by atoms with E-state index in [0.29, 0.717) is 0 Å². The number of halogens is 1. The summed E-state index contributed by atoms with van der Waals surface area (Å²) in [6.07, 6.45) is 7.18. The van der Waals surface area contributed by atoms with Gasteiger partial charge in [0.15, 0.2) is 0 Å². The first-order valence-corrected chi connectivity index (χ1v) is 6.70.